The van der Waals surface area contributed by atoms with Crippen molar-refractivity contribution in [3.8, 4) is 0 Å². The smallest absolute Gasteiger partial charge is 0.340 e. The number of carbonyl (C=O) groups is 2. The fraction of sp³-hybridized carbons (Fsp3) is 0.300. The van der Waals surface area contributed by atoms with Gasteiger partial charge in [-0.25, -0.2) is 4.79 Å². The Morgan fingerprint density at radius 2 is 1.62 bits per heavy atom. The first-order chi connectivity index (χ1) is 11.3. The summed E-state index contributed by atoms with van der Waals surface area (Å²) in [6, 6.07) is 15.0. The Labute approximate surface area is 142 Å². The molecule has 126 valence electrons. The molecule has 0 fully saturated rings. The molecule has 4 nitrogen and oxygen atoms in total. The number of carbonyl (C=O) groups excluding carboxylic acids is 2. The van der Waals surface area contributed by atoms with E-state index in [1.807, 2.05) is 43.3 Å². The minimum absolute atomic E-state index is 0.111. The number of ether oxygens (including phenoxy) is 1. The summed E-state index contributed by atoms with van der Waals surface area (Å²) in [7, 11) is 0. The lowest BCUT2D eigenvalue weighted by molar-refractivity contribution is -0.129. The number of aryl methyl sites for hydroxylation is 1. The van der Waals surface area contributed by atoms with Crippen molar-refractivity contribution < 1.29 is 14.3 Å². The van der Waals surface area contributed by atoms with Crippen molar-refractivity contribution in [3.63, 3.8) is 0 Å². The summed E-state index contributed by atoms with van der Waals surface area (Å²) >= 11 is 0. The second-order valence-corrected chi connectivity index (χ2v) is 6.79. The Morgan fingerprint density at radius 1 is 1.00 bits per heavy atom. The van der Waals surface area contributed by atoms with Crippen molar-refractivity contribution in [2.24, 2.45) is 5.41 Å². The molecular formula is C20H23NO3. The second kappa shape index (κ2) is 7.30. The van der Waals surface area contributed by atoms with Crippen molar-refractivity contribution in [1.82, 2.24) is 0 Å². The molecule has 0 aromatic heterocycles. The van der Waals surface area contributed by atoms with Crippen LogP contribution in [0.25, 0.3) is 0 Å². The van der Waals surface area contributed by atoms with E-state index in [1.165, 1.54) is 0 Å². The van der Waals surface area contributed by atoms with Crippen LogP contribution in [0.2, 0.25) is 0 Å². The fourth-order valence-electron chi connectivity index (χ4n) is 1.99. The quantitative estimate of drug-likeness (QED) is 0.822. The zero-order valence-corrected chi connectivity index (χ0v) is 14.6. The minimum atomic E-state index is -0.528. The van der Waals surface area contributed by atoms with E-state index < -0.39 is 11.4 Å². The number of ketones is 1. The molecule has 0 amide bonds. The van der Waals surface area contributed by atoms with E-state index in [-0.39, 0.29) is 12.4 Å². The molecule has 4 heteroatoms. The van der Waals surface area contributed by atoms with E-state index in [1.54, 1.807) is 32.9 Å². The molecule has 1 N–H and O–H groups in total. The molecule has 0 aliphatic rings. The number of hydrogen-bond donors (Lipinski definition) is 1. The van der Waals surface area contributed by atoms with E-state index >= 15 is 0 Å². The molecule has 2 aromatic carbocycles. The summed E-state index contributed by atoms with van der Waals surface area (Å²) in [5, 5.41) is 3.21. The third kappa shape index (κ3) is 4.69. The molecule has 0 aliphatic heterocycles. The summed E-state index contributed by atoms with van der Waals surface area (Å²) in [6.45, 7) is 7.20. The second-order valence-electron chi connectivity index (χ2n) is 6.79. The molecule has 0 unspecified atom stereocenters. The highest BCUT2D eigenvalue weighted by Crippen LogP contribution is 2.22. The summed E-state index contributed by atoms with van der Waals surface area (Å²) in [5.41, 5.74) is 2.56. The van der Waals surface area contributed by atoms with Crippen LogP contribution in [0.5, 0.6) is 0 Å². The van der Waals surface area contributed by atoms with Crippen molar-refractivity contribution in [3.05, 3.63) is 59.7 Å². The van der Waals surface area contributed by atoms with E-state index in [9.17, 15) is 9.59 Å². The van der Waals surface area contributed by atoms with E-state index in [2.05, 4.69) is 5.32 Å². The Hall–Kier alpha value is -2.62. The molecule has 24 heavy (non-hydrogen) atoms. The summed E-state index contributed by atoms with van der Waals surface area (Å²) in [6.07, 6.45) is 0. The summed E-state index contributed by atoms with van der Waals surface area (Å²) < 4.78 is 5.19. The topological polar surface area (TPSA) is 55.4 Å². The molecule has 0 saturated heterocycles. The average Bonchev–Trinajstić information content (AvgIpc) is 2.54. The van der Waals surface area contributed by atoms with Gasteiger partial charge in [0.15, 0.2) is 12.4 Å². The summed E-state index contributed by atoms with van der Waals surface area (Å²) in [4.78, 5) is 24.2. The molecule has 0 bridgehead atoms. The third-order valence-electron chi connectivity index (χ3n) is 3.65. The molecule has 2 rings (SSSR count). The van der Waals surface area contributed by atoms with Crippen LogP contribution >= 0.6 is 0 Å². The first-order valence-electron chi connectivity index (χ1n) is 7.90. The maximum absolute atomic E-state index is 12.3. The Balaban J connectivity index is 2.11. The number of hydrogen-bond acceptors (Lipinski definition) is 4. The van der Waals surface area contributed by atoms with Gasteiger partial charge in [-0.15, -0.1) is 0 Å². The van der Waals surface area contributed by atoms with Gasteiger partial charge in [-0.05, 0) is 31.2 Å². The normalized spacial score (nSPS) is 11.0. The van der Waals surface area contributed by atoms with Crippen molar-refractivity contribution >= 4 is 23.1 Å². The Kier molecular flexibility index (Phi) is 5.39. The zero-order chi connectivity index (χ0) is 17.7. The molecule has 0 saturated carbocycles. The van der Waals surface area contributed by atoms with Gasteiger partial charge in [0.25, 0.3) is 0 Å². The van der Waals surface area contributed by atoms with Crippen LogP contribution < -0.4 is 5.32 Å². The first-order valence-corrected chi connectivity index (χ1v) is 7.90. The highest BCUT2D eigenvalue weighted by molar-refractivity contribution is 5.98. The van der Waals surface area contributed by atoms with Crippen LogP contribution in [0, 0.1) is 12.3 Å². The lowest BCUT2D eigenvalue weighted by Gasteiger charge is -2.17. The van der Waals surface area contributed by atoms with Gasteiger partial charge in [0.1, 0.15) is 0 Å². The van der Waals surface area contributed by atoms with Gasteiger partial charge in [0, 0.05) is 11.1 Å². The van der Waals surface area contributed by atoms with Gasteiger partial charge < -0.3 is 10.1 Å². The largest absolute Gasteiger partial charge is 0.454 e. The van der Waals surface area contributed by atoms with Crippen LogP contribution in [0.4, 0.5) is 11.4 Å². The van der Waals surface area contributed by atoms with Gasteiger partial charge in [0.2, 0.25) is 0 Å². The molecular weight excluding hydrogens is 302 g/mol. The summed E-state index contributed by atoms with van der Waals surface area (Å²) in [5.74, 6) is -0.623. The van der Waals surface area contributed by atoms with Gasteiger partial charge >= 0.3 is 5.97 Å². The number of nitrogens with one attached hydrogen (secondary N) is 1. The van der Waals surface area contributed by atoms with Crippen LogP contribution in [0.3, 0.4) is 0 Å². The van der Waals surface area contributed by atoms with Crippen LogP contribution in [0.15, 0.2) is 48.5 Å². The van der Waals surface area contributed by atoms with Gasteiger partial charge in [-0.1, -0.05) is 50.6 Å². The van der Waals surface area contributed by atoms with Gasteiger partial charge in [0.05, 0.1) is 11.3 Å². The molecule has 0 aliphatic carbocycles. The van der Waals surface area contributed by atoms with Crippen molar-refractivity contribution in [2.75, 3.05) is 11.9 Å². The van der Waals surface area contributed by atoms with Crippen molar-refractivity contribution in [2.45, 2.75) is 27.7 Å². The standard InChI is InChI=1S/C20H23NO3/c1-14-9-11-15(12-10-14)21-17-8-6-5-7-16(17)19(23)24-13-18(22)20(2,3)4/h5-12,21H,13H2,1-4H3. The molecule has 2 aromatic rings. The average molecular weight is 325 g/mol. The predicted octanol–water partition coefficient (Wildman–Crippen LogP) is 4.51. The Bertz CT molecular complexity index is 727. The van der Waals surface area contributed by atoms with E-state index in [0.717, 1.165) is 11.3 Å². The predicted molar refractivity (Wildman–Crippen MR) is 95.6 cm³/mol. The number of rotatable bonds is 5. The molecule has 0 heterocycles. The first kappa shape index (κ1) is 17.7. The lowest BCUT2D eigenvalue weighted by Crippen LogP contribution is -2.26. The van der Waals surface area contributed by atoms with Crippen LogP contribution in [0.1, 0.15) is 36.7 Å². The number of Topliss-reactive ketones (excluding diaryl/α,β-unsaturated/α-hetero) is 1. The highest BCUT2D eigenvalue weighted by Gasteiger charge is 2.23. The highest BCUT2D eigenvalue weighted by atomic mass is 16.5. The number of anilines is 2. The zero-order valence-electron chi connectivity index (χ0n) is 14.6. The van der Waals surface area contributed by atoms with Crippen LogP contribution in [-0.2, 0) is 9.53 Å². The molecule has 0 atom stereocenters. The SMILES string of the molecule is Cc1ccc(Nc2ccccc2C(=O)OCC(=O)C(C)(C)C)cc1. The van der Waals surface area contributed by atoms with E-state index in [4.69, 9.17) is 4.74 Å². The maximum Gasteiger partial charge on any atom is 0.340 e. The van der Waals surface area contributed by atoms with Crippen LogP contribution in [-0.4, -0.2) is 18.4 Å². The fourth-order valence-corrected chi connectivity index (χ4v) is 1.99. The van der Waals surface area contributed by atoms with Gasteiger partial charge in [-0.3, -0.25) is 4.79 Å². The monoisotopic (exact) mass is 325 g/mol. The number of para-hydroxylation sites is 1. The lowest BCUT2D eigenvalue weighted by atomic mass is 9.91. The number of esters is 1. The van der Waals surface area contributed by atoms with E-state index in [0.29, 0.717) is 11.3 Å². The third-order valence-corrected chi connectivity index (χ3v) is 3.65. The molecule has 0 spiro atoms. The van der Waals surface area contributed by atoms with Crippen molar-refractivity contribution in [1.29, 1.82) is 0 Å². The van der Waals surface area contributed by atoms with Gasteiger partial charge in [-0.2, -0.15) is 0 Å². The maximum atomic E-state index is 12.3. The molecule has 0 radical (unpaired) electrons. The minimum Gasteiger partial charge on any atom is -0.454 e. The Morgan fingerprint density at radius 3 is 2.25 bits per heavy atom. The number of benzene rings is 2.